The number of aliphatic hydroxyl groups excluding tert-OH is 2. The Morgan fingerprint density at radius 3 is 2.32 bits per heavy atom. The van der Waals surface area contributed by atoms with E-state index in [0.717, 1.165) is 24.2 Å². The number of carbonyl (C=O) groups is 1. The maximum Gasteiger partial charge on any atom is 0.407 e. The minimum absolute atomic E-state index is 0.177. The van der Waals surface area contributed by atoms with Crippen LogP contribution in [-0.2, 0) is 11.3 Å². The molecule has 0 aliphatic carbocycles. The van der Waals surface area contributed by atoms with E-state index in [2.05, 4.69) is 10.2 Å². The molecule has 2 aromatic rings. The third-order valence-corrected chi connectivity index (χ3v) is 5.05. The van der Waals surface area contributed by atoms with Crippen LogP contribution in [0, 0.1) is 0 Å². The molecule has 3 rings (SSSR count). The van der Waals surface area contributed by atoms with Crippen LogP contribution >= 0.6 is 0 Å². The minimum Gasteiger partial charge on any atom is -0.445 e. The van der Waals surface area contributed by atoms with Crippen molar-refractivity contribution in [2.75, 3.05) is 19.6 Å². The fourth-order valence-corrected chi connectivity index (χ4v) is 3.40. The van der Waals surface area contributed by atoms with Crippen molar-refractivity contribution >= 4 is 6.09 Å². The molecule has 0 saturated carbocycles. The van der Waals surface area contributed by atoms with Crippen LogP contribution in [0.5, 0.6) is 0 Å². The Hall–Kier alpha value is -2.41. The van der Waals surface area contributed by atoms with Gasteiger partial charge in [-0.25, -0.2) is 4.79 Å². The zero-order valence-corrected chi connectivity index (χ0v) is 15.9. The van der Waals surface area contributed by atoms with E-state index in [4.69, 9.17) is 4.74 Å². The second-order valence-corrected chi connectivity index (χ2v) is 7.20. The van der Waals surface area contributed by atoms with Gasteiger partial charge >= 0.3 is 6.09 Å². The lowest BCUT2D eigenvalue weighted by Gasteiger charge is -2.34. The molecular formula is C22H28N2O4. The Morgan fingerprint density at radius 1 is 1.07 bits per heavy atom. The van der Waals surface area contributed by atoms with E-state index >= 15 is 0 Å². The van der Waals surface area contributed by atoms with Crippen LogP contribution in [-0.4, -0.2) is 53.0 Å². The average molecular weight is 384 g/mol. The third-order valence-electron chi connectivity index (χ3n) is 5.05. The number of alkyl carbamates (subject to hydrolysis) is 1. The molecule has 3 N–H and O–H groups in total. The molecule has 28 heavy (non-hydrogen) atoms. The first-order valence-electron chi connectivity index (χ1n) is 9.72. The number of hydrogen-bond donors (Lipinski definition) is 3. The van der Waals surface area contributed by atoms with Crippen molar-refractivity contribution in [1.82, 2.24) is 10.2 Å². The number of likely N-dealkylation sites (tertiary alicyclic amines) is 1. The van der Waals surface area contributed by atoms with Gasteiger partial charge in [0.1, 0.15) is 12.7 Å². The summed E-state index contributed by atoms with van der Waals surface area (Å²) in [6.45, 7) is 2.14. The van der Waals surface area contributed by atoms with Crippen molar-refractivity contribution in [2.24, 2.45) is 0 Å². The predicted octanol–water partition coefficient (Wildman–Crippen LogP) is 2.47. The smallest absolute Gasteiger partial charge is 0.407 e. The molecule has 1 fully saturated rings. The fraction of sp³-hybridized carbons (Fsp3) is 0.409. The fourth-order valence-electron chi connectivity index (χ4n) is 3.40. The summed E-state index contributed by atoms with van der Waals surface area (Å²) in [4.78, 5) is 14.5. The van der Waals surface area contributed by atoms with Crippen molar-refractivity contribution < 1.29 is 19.7 Å². The van der Waals surface area contributed by atoms with Crippen molar-refractivity contribution in [3.8, 4) is 0 Å². The average Bonchev–Trinajstić information content (AvgIpc) is 2.74. The zero-order chi connectivity index (χ0) is 19.8. The topological polar surface area (TPSA) is 82.0 Å². The van der Waals surface area contributed by atoms with E-state index in [9.17, 15) is 15.0 Å². The SMILES string of the molecule is O=C(NC(CN1CCC(O)CC1)C(O)c1ccccc1)OCc1ccccc1. The highest BCUT2D eigenvalue weighted by atomic mass is 16.5. The lowest BCUT2D eigenvalue weighted by Crippen LogP contribution is -2.49. The highest BCUT2D eigenvalue weighted by molar-refractivity contribution is 5.67. The highest BCUT2D eigenvalue weighted by Gasteiger charge is 2.27. The van der Waals surface area contributed by atoms with Gasteiger partial charge in [0.2, 0.25) is 0 Å². The standard InChI is InChI=1S/C22H28N2O4/c25-19-11-13-24(14-12-19)15-20(21(26)18-9-5-2-6-10-18)23-22(27)28-16-17-7-3-1-4-8-17/h1-10,19-21,25-26H,11-16H2,(H,23,27). The van der Waals surface area contributed by atoms with Gasteiger partial charge in [0.05, 0.1) is 12.1 Å². The molecule has 1 saturated heterocycles. The number of piperidine rings is 1. The quantitative estimate of drug-likeness (QED) is 0.683. The molecule has 1 aliphatic heterocycles. The van der Waals surface area contributed by atoms with Crippen LogP contribution in [0.25, 0.3) is 0 Å². The van der Waals surface area contributed by atoms with Gasteiger partial charge < -0.3 is 25.2 Å². The van der Waals surface area contributed by atoms with Gasteiger partial charge in [-0.05, 0) is 24.0 Å². The van der Waals surface area contributed by atoms with Gasteiger partial charge in [0, 0.05) is 19.6 Å². The molecule has 2 aromatic carbocycles. The molecule has 0 radical (unpaired) electrons. The number of carbonyl (C=O) groups excluding carboxylic acids is 1. The summed E-state index contributed by atoms with van der Waals surface area (Å²) < 4.78 is 5.33. The lowest BCUT2D eigenvalue weighted by molar-refractivity contribution is 0.0521. The molecule has 0 spiro atoms. The maximum absolute atomic E-state index is 12.4. The molecule has 6 nitrogen and oxygen atoms in total. The lowest BCUT2D eigenvalue weighted by atomic mass is 10.0. The summed E-state index contributed by atoms with van der Waals surface area (Å²) in [6.07, 6.45) is -0.269. The minimum atomic E-state index is -0.850. The number of hydrogen-bond acceptors (Lipinski definition) is 5. The molecular weight excluding hydrogens is 356 g/mol. The molecule has 6 heteroatoms. The molecule has 2 atom stereocenters. The summed E-state index contributed by atoms with van der Waals surface area (Å²) in [5, 5.41) is 23.4. The Balaban J connectivity index is 1.62. The Labute approximate surface area is 165 Å². The van der Waals surface area contributed by atoms with Gasteiger partial charge in [0.25, 0.3) is 0 Å². The van der Waals surface area contributed by atoms with Crippen molar-refractivity contribution in [3.05, 3.63) is 71.8 Å². The number of nitrogens with zero attached hydrogens (tertiary/aromatic N) is 1. The molecule has 2 unspecified atom stereocenters. The van der Waals surface area contributed by atoms with E-state index < -0.39 is 18.2 Å². The Kier molecular flexibility index (Phi) is 7.42. The first-order valence-corrected chi connectivity index (χ1v) is 9.72. The second-order valence-electron chi connectivity index (χ2n) is 7.20. The second kappa shape index (κ2) is 10.2. The number of benzene rings is 2. The number of nitrogens with one attached hydrogen (secondary N) is 1. The third kappa shape index (κ3) is 6.05. The number of aliphatic hydroxyl groups is 2. The van der Waals surface area contributed by atoms with Gasteiger partial charge in [-0.3, -0.25) is 0 Å². The van der Waals surface area contributed by atoms with E-state index in [1.54, 1.807) is 0 Å². The van der Waals surface area contributed by atoms with Gasteiger partial charge in [-0.1, -0.05) is 60.7 Å². The molecule has 1 amide bonds. The van der Waals surface area contributed by atoms with Crippen LogP contribution in [0.1, 0.15) is 30.1 Å². The van der Waals surface area contributed by atoms with E-state index in [-0.39, 0.29) is 12.7 Å². The predicted molar refractivity (Wildman–Crippen MR) is 107 cm³/mol. The highest BCUT2D eigenvalue weighted by Crippen LogP contribution is 2.19. The van der Waals surface area contributed by atoms with Crippen molar-refractivity contribution in [2.45, 2.75) is 37.7 Å². The van der Waals surface area contributed by atoms with Crippen LogP contribution in [0.2, 0.25) is 0 Å². The maximum atomic E-state index is 12.4. The number of ether oxygens (including phenoxy) is 1. The van der Waals surface area contributed by atoms with E-state index in [1.165, 1.54) is 0 Å². The first kappa shape index (κ1) is 20.3. The van der Waals surface area contributed by atoms with Gasteiger partial charge in [-0.15, -0.1) is 0 Å². The van der Waals surface area contributed by atoms with Gasteiger partial charge in [-0.2, -0.15) is 0 Å². The zero-order valence-electron chi connectivity index (χ0n) is 15.9. The molecule has 1 heterocycles. The molecule has 150 valence electrons. The summed E-state index contributed by atoms with van der Waals surface area (Å²) >= 11 is 0. The van der Waals surface area contributed by atoms with E-state index in [0.29, 0.717) is 19.4 Å². The van der Waals surface area contributed by atoms with Crippen LogP contribution in [0.3, 0.4) is 0 Å². The number of rotatable bonds is 7. The first-order chi connectivity index (χ1) is 13.6. The van der Waals surface area contributed by atoms with Crippen LogP contribution in [0.15, 0.2) is 60.7 Å². The molecule has 0 bridgehead atoms. The largest absolute Gasteiger partial charge is 0.445 e. The van der Waals surface area contributed by atoms with Crippen LogP contribution < -0.4 is 5.32 Å². The Morgan fingerprint density at radius 2 is 1.68 bits per heavy atom. The summed E-state index contributed by atoms with van der Waals surface area (Å²) in [6, 6.07) is 18.3. The number of amides is 1. The normalized spacial score (nSPS) is 17.6. The van der Waals surface area contributed by atoms with Crippen LogP contribution in [0.4, 0.5) is 4.79 Å². The van der Waals surface area contributed by atoms with E-state index in [1.807, 2.05) is 60.7 Å². The monoisotopic (exact) mass is 384 g/mol. The Bertz CT molecular complexity index is 718. The summed E-state index contributed by atoms with van der Waals surface area (Å²) in [5.41, 5.74) is 1.65. The van der Waals surface area contributed by atoms with Gasteiger partial charge in [0.15, 0.2) is 0 Å². The van der Waals surface area contributed by atoms with Crippen molar-refractivity contribution in [1.29, 1.82) is 0 Å². The molecule has 0 aromatic heterocycles. The summed E-state index contributed by atoms with van der Waals surface area (Å²) in [7, 11) is 0. The summed E-state index contributed by atoms with van der Waals surface area (Å²) in [5.74, 6) is 0. The molecule has 1 aliphatic rings. The van der Waals surface area contributed by atoms with Crippen molar-refractivity contribution in [3.63, 3.8) is 0 Å².